The first kappa shape index (κ1) is 13.6. The minimum absolute atomic E-state index is 0.560. The molecule has 0 amide bonds. The lowest BCUT2D eigenvalue weighted by Crippen LogP contribution is -2.20. The molecule has 0 saturated heterocycles. The lowest BCUT2D eigenvalue weighted by Gasteiger charge is -2.19. The van der Waals surface area contributed by atoms with Gasteiger partial charge in [-0.3, -0.25) is 0 Å². The van der Waals surface area contributed by atoms with Crippen LogP contribution in [0.2, 0.25) is 10.0 Å². The normalized spacial score (nSPS) is 10.5. The molecule has 0 aliphatic rings. The molecule has 3 nitrogen and oxygen atoms in total. The van der Waals surface area contributed by atoms with E-state index in [1.165, 1.54) is 0 Å². The van der Waals surface area contributed by atoms with Gasteiger partial charge in [0.1, 0.15) is 5.82 Å². The van der Waals surface area contributed by atoms with Crippen LogP contribution in [0.5, 0.6) is 0 Å². The molecule has 0 aliphatic carbocycles. The van der Waals surface area contributed by atoms with Crippen molar-refractivity contribution in [3.8, 4) is 0 Å². The molecule has 1 aromatic rings. The number of hydrogen-bond donors (Lipinski definition) is 1. The van der Waals surface area contributed by atoms with E-state index in [0.29, 0.717) is 10.0 Å². The number of halogens is 2. The van der Waals surface area contributed by atoms with Crippen molar-refractivity contribution in [2.45, 2.75) is 19.3 Å². The fraction of sp³-hybridized carbons (Fsp3) is 0.545. The van der Waals surface area contributed by atoms with Crippen molar-refractivity contribution in [1.29, 1.82) is 0 Å². The molecule has 0 atom stereocenters. The number of unbranched alkanes of at least 4 members (excludes halogenated alkanes) is 2. The largest absolute Gasteiger partial charge is 0.358 e. The van der Waals surface area contributed by atoms with Crippen molar-refractivity contribution >= 4 is 29.0 Å². The van der Waals surface area contributed by atoms with Crippen LogP contribution in [0.4, 0.5) is 5.82 Å². The number of aromatic nitrogens is 1. The predicted molar refractivity (Wildman–Crippen MR) is 70.4 cm³/mol. The molecule has 0 fully saturated rings. The Morgan fingerprint density at radius 2 is 2.06 bits per heavy atom. The topological polar surface area (TPSA) is 42.1 Å². The molecule has 0 saturated carbocycles. The summed E-state index contributed by atoms with van der Waals surface area (Å²) in [6.07, 6.45) is 4.90. The van der Waals surface area contributed by atoms with Gasteiger partial charge in [0.15, 0.2) is 0 Å². The van der Waals surface area contributed by atoms with Gasteiger partial charge in [0, 0.05) is 19.8 Å². The first-order valence-electron chi connectivity index (χ1n) is 5.37. The second-order valence-corrected chi connectivity index (χ2v) is 4.57. The van der Waals surface area contributed by atoms with Crippen molar-refractivity contribution in [3.05, 3.63) is 22.3 Å². The van der Waals surface area contributed by atoms with Crippen molar-refractivity contribution in [3.63, 3.8) is 0 Å². The third-order valence-electron chi connectivity index (χ3n) is 2.35. The summed E-state index contributed by atoms with van der Waals surface area (Å²) in [6.45, 7) is 1.68. The van der Waals surface area contributed by atoms with Crippen molar-refractivity contribution in [2.24, 2.45) is 5.73 Å². The zero-order valence-corrected chi connectivity index (χ0v) is 10.9. The van der Waals surface area contributed by atoms with E-state index in [0.717, 1.165) is 38.2 Å². The van der Waals surface area contributed by atoms with Gasteiger partial charge < -0.3 is 10.6 Å². The smallest absolute Gasteiger partial charge is 0.147 e. The van der Waals surface area contributed by atoms with E-state index in [2.05, 4.69) is 4.98 Å². The number of hydrogen-bond acceptors (Lipinski definition) is 3. The molecule has 1 rings (SSSR count). The molecular formula is C11H17Cl2N3. The standard InChI is InChI=1S/C11H17Cl2N3/c1-16(6-4-2-3-5-14)11-10(13)7-9(12)8-15-11/h7-8H,2-6,14H2,1H3. The highest BCUT2D eigenvalue weighted by Gasteiger charge is 2.07. The van der Waals surface area contributed by atoms with Crippen LogP contribution < -0.4 is 10.6 Å². The van der Waals surface area contributed by atoms with Crippen LogP contribution in [0.3, 0.4) is 0 Å². The SMILES string of the molecule is CN(CCCCCN)c1ncc(Cl)cc1Cl. The maximum atomic E-state index is 6.06. The van der Waals surface area contributed by atoms with Crippen molar-refractivity contribution < 1.29 is 0 Å². The second-order valence-electron chi connectivity index (χ2n) is 3.73. The summed E-state index contributed by atoms with van der Waals surface area (Å²) in [5.41, 5.74) is 5.44. The zero-order valence-electron chi connectivity index (χ0n) is 9.42. The molecule has 0 aromatic carbocycles. The Labute approximate surface area is 107 Å². The number of rotatable bonds is 6. The predicted octanol–water partition coefficient (Wildman–Crippen LogP) is 2.95. The Balaban J connectivity index is 2.49. The first-order valence-corrected chi connectivity index (χ1v) is 6.13. The maximum absolute atomic E-state index is 6.06. The zero-order chi connectivity index (χ0) is 12.0. The van der Waals surface area contributed by atoms with Crippen LogP contribution in [-0.4, -0.2) is 25.1 Å². The van der Waals surface area contributed by atoms with Crippen LogP contribution in [0.25, 0.3) is 0 Å². The van der Waals surface area contributed by atoms with Gasteiger partial charge in [0.2, 0.25) is 0 Å². The Bertz CT molecular complexity index is 331. The monoisotopic (exact) mass is 261 g/mol. The summed E-state index contributed by atoms with van der Waals surface area (Å²) in [4.78, 5) is 6.25. The molecule has 0 bridgehead atoms. The summed E-state index contributed by atoms with van der Waals surface area (Å²) in [5.74, 6) is 0.777. The van der Waals surface area contributed by atoms with Gasteiger partial charge in [-0.25, -0.2) is 4.98 Å². The van der Waals surface area contributed by atoms with E-state index < -0.39 is 0 Å². The molecule has 1 aromatic heterocycles. The summed E-state index contributed by atoms with van der Waals surface area (Å²) >= 11 is 11.8. The Hall–Kier alpha value is -0.510. The Morgan fingerprint density at radius 1 is 1.31 bits per heavy atom. The van der Waals surface area contributed by atoms with Crippen LogP contribution in [0, 0.1) is 0 Å². The van der Waals surface area contributed by atoms with Gasteiger partial charge in [-0.2, -0.15) is 0 Å². The van der Waals surface area contributed by atoms with Gasteiger partial charge in [-0.05, 0) is 25.5 Å². The molecule has 5 heteroatoms. The third-order valence-corrected chi connectivity index (χ3v) is 2.83. The summed E-state index contributed by atoms with van der Waals surface area (Å²) in [5, 5.41) is 1.15. The maximum Gasteiger partial charge on any atom is 0.147 e. The quantitative estimate of drug-likeness (QED) is 0.801. The average Bonchev–Trinajstić information content (AvgIpc) is 2.24. The molecule has 0 spiro atoms. The molecule has 16 heavy (non-hydrogen) atoms. The second kappa shape index (κ2) is 6.94. The molecule has 90 valence electrons. The number of pyridine rings is 1. The number of anilines is 1. The van der Waals surface area contributed by atoms with Gasteiger partial charge in [-0.15, -0.1) is 0 Å². The molecule has 0 radical (unpaired) electrons. The van der Waals surface area contributed by atoms with Crippen LogP contribution in [0.1, 0.15) is 19.3 Å². The van der Waals surface area contributed by atoms with Crippen LogP contribution in [0.15, 0.2) is 12.3 Å². The van der Waals surface area contributed by atoms with Gasteiger partial charge >= 0.3 is 0 Å². The minimum Gasteiger partial charge on any atom is -0.358 e. The van der Waals surface area contributed by atoms with Gasteiger partial charge in [0.25, 0.3) is 0 Å². The highest BCUT2D eigenvalue weighted by Crippen LogP contribution is 2.25. The lowest BCUT2D eigenvalue weighted by molar-refractivity contribution is 0.676. The van der Waals surface area contributed by atoms with E-state index in [9.17, 15) is 0 Å². The highest BCUT2D eigenvalue weighted by atomic mass is 35.5. The molecule has 0 unspecified atom stereocenters. The van der Waals surface area contributed by atoms with E-state index in [1.807, 2.05) is 11.9 Å². The van der Waals surface area contributed by atoms with E-state index in [1.54, 1.807) is 12.3 Å². The third kappa shape index (κ3) is 4.16. The van der Waals surface area contributed by atoms with E-state index in [-0.39, 0.29) is 0 Å². The number of nitrogens with two attached hydrogens (primary N) is 1. The molecular weight excluding hydrogens is 245 g/mol. The Kier molecular flexibility index (Phi) is 5.88. The van der Waals surface area contributed by atoms with Crippen molar-refractivity contribution in [2.75, 3.05) is 25.0 Å². The first-order chi connectivity index (χ1) is 7.65. The molecule has 2 N–H and O–H groups in total. The average molecular weight is 262 g/mol. The summed E-state index contributed by atoms with van der Waals surface area (Å²) < 4.78 is 0. The fourth-order valence-corrected chi connectivity index (χ4v) is 1.99. The van der Waals surface area contributed by atoms with E-state index >= 15 is 0 Å². The fourth-order valence-electron chi connectivity index (χ4n) is 1.46. The Morgan fingerprint density at radius 3 is 2.69 bits per heavy atom. The molecule has 1 heterocycles. The summed E-state index contributed by atoms with van der Waals surface area (Å²) in [6, 6.07) is 1.71. The van der Waals surface area contributed by atoms with Gasteiger partial charge in [0.05, 0.1) is 10.0 Å². The highest BCUT2D eigenvalue weighted by molar-refractivity contribution is 6.35. The minimum atomic E-state index is 0.560. The van der Waals surface area contributed by atoms with Crippen LogP contribution >= 0.6 is 23.2 Å². The lowest BCUT2D eigenvalue weighted by atomic mass is 10.2. The number of nitrogens with zero attached hydrogens (tertiary/aromatic N) is 2. The van der Waals surface area contributed by atoms with Gasteiger partial charge in [-0.1, -0.05) is 29.6 Å². The van der Waals surface area contributed by atoms with Crippen LogP contribution in [-0.2, 0) is 0 Å². The molecule has 0 aliphatic heterocycles. The summed E-state index contributed by atoms with van der Waals surface area (Å²) in [7, 11) is 1.98. The van der Waals surface area contributed by atoms with Crippen molar-refractivity contribution in [1.82, 2.24) is 4.98 Å². The van der Waals surface area contributed by atoms with E-state index in [4.69, 9.17) is 28.9 Å².